The number of hydrogen-bond donors (Lipinski definition) is 0. The first-order valence-corrected chi connectivity index (χ1v) is 8.37. The van der Waals surface area contributed by atoms with E-state index in [-0.39, 0.29) is 5.78 Å². The Morgan fingerprint density at radius 1 is 1.00 bits per heavy atom. The molecule has 118 valence electrons. The van der Waals surface area contributed by atoms with Crippen molar-refractivity contribution < 1.29 is 9.53 Å². The molecular formula is C19H30O2. The van der Waals surface area contributed by atoms with Gasteiger partial charge in [-0.15, -0.1) is 0 Å². The molecule has 2 nitrogen and oxygen atoms in total. The summed E-state index contributed by atoms with van der Waals surface area (Å²) >= 11 is 0. The summed E-state index contributed by atoms with van der Waals surface area (Å²) in [5, 5.41) is 0. The summed E-state index contributed by atoms with van der Waals surface area (Å²) < 4.78 is 5.27. The van der Waals surface area contributed by atoms with Crippen LogP contribution in [0.15, 0.2) is 18.2 Å². The molecule has 0 unspecified atom stereocenters. The molecule has 21 heavy (non-hydrogen) atoms. The van der Waals surface area contributed by atoms with Crippen LogP contribution in [0.2, 0.25) is 0 Å². The van der Waals surface area contributed by atoms with E-state index in [1.807, 2.05) is 25.1 Å². The number of ether oxygens (including phenoxy) is 1. The molecule has 0 radical (unpaired) electrons. The first-order valence-electron chi connectivity index (χ1n) is 8.37. The van der Waals surface area contributed by atoms with E-state index in [2.05, 4.69) is 6.92 Å². The number of aryl methyl sites for hydroxylation is 1. The molecule has 0 aromatic heterocycles. The highest BCUT2D eigenvalue weighted by Crippen LogP contribution is 2.20. The molecule has 0 amide bonds. The summed E-state index contributed by atoms with van der Waals surface area (Å²) in [5.41, 5.74) is 1.85. The Hall–Kier alpha value is -1.31. The van der Waals surface area contributed by atoms with Crippen LogP contribution in [0.3, 0.4) is 0 Å². The molecule has 0 atom stereocenters. The van der Waals surface area contributed by atoms with Gasteiger partial charge < -0.3 is 4.74 Å². The van der Waals surface area contributed by atoms with Crippen molar-refractivity contribution in [3.05, 3.63) is 29.3 Å². The Bertz CT molecular complexity index is 424. The van der Waals surface area contributed by atoms with Crippen LogP contribution < -0.4 is 4.74 Å². The van der Waals surface area contributed by atoms with Crippen LogP contribution in [0.4, 0.5) is 0 Å². The fourth-order valence-electron chi connectivity index (χ4n) is 2.56. The monoisotopic (exact) mass is 290 g/mol. The van der Waals surface area contributed by atoms with E-state index in [1.54, 1.807) is 7.11 Å². The lowest BCUT2D eigenvalue weighted by atomic mass is 10.0. The predicted molar refractivity (Wildman–Crippen MR) is 89.3 cm³/mol. The maximum absolute atomic E-state index is 12.1. The summed E-state index contributed by atoms with van der Waals surface area (Å²) in [6, 6.07) is 5.73. The van der Waals surface area contributed by atoms with Crippen molar-refractivity contribution in [2.45, 2.75) is 71.6 Å². The van der Waals surface area contributed by atoms with Gasteiger partial charge in [0, 0.05) is 12.0 Å². The Kier molecular flexibility index (Phi) is 8.80. The Morgan fingerprint density at radius 2 is 1.62 bits per heavy atom. The SMILES string of the molecule is CCCCCCCCCCC(=O)c1ccc(C)c(OC)c1. The van der Waals surface area contributed by atoms with Crippen LogP contribution in [0.1, 0.15) is 80.6 Å². The van der Waals surface area contributed by atoms with Gasteiger partial charge in [0.25, 0.3) is 0 Å². The summed E-state index contributed by atoms with van der Waals surface area (Å²) in [6.45, 7) is 4.23. The number of Topliss-reactive ketones (excluding diaryl/α,β-unsaturated/α-hetero) is 1. The average Bonchev–Trinajstić information content (AvgIpc) is 2.50. The van der Waals surface area contributed by atoms with Crippen LogP contribution in [0.25, 0.3) is 0 Å². The molecule has 0 fully saturated rings. The largest absolute Gasteiger partial charge is 0.496 e. The summed E-state index contributed by atoms with van der Waals surface area (Å²) in [4.78, 5) is 12.1. The molecule has 1 aromatic rings. The van der Waals surface area contributed by atoms with Crippen molar-refractivity contribution in [2.24, 2.45) is 0 Å². The highest BCUT2D eigenvalue weighted by Gasteiger charge is 2.08. The van der Waals surface area contributed by atoms with Gasteiger partial charge in [0.05, 0.1) is 7.11 Å². The molecule has 1 aromatic carbocycles. The van der Waals surface area contributed by atoms with Gasteiger partial charge in [0.2, 0.25) is 0 Å². The number of benzene rings is 1. The lowest BCUT2D eigenvalue weighted by Crippen LogP contribution is -2.00. The molecule has 0 N–H and O–H groups in total. The normalized spacial score (nSPS) is 10.6. The van der Waals surface area contributed by atoms with E-state index in [4.69, 9.17) is 4.74 Å². The molecular weight excluding hydrogens is 260 g/mol. The lowest BCUT2D eigenvalue weighted by molar-refractivity contribution is 0.0978. The Labute approximate surface area is 129 Å². The van der Waals surface area contributed by atoms with Crippen molar-refractivity contribution >= 4 is 5.78 Å². The van der Waals surface area contributed by atoms with Crippen molar-refractivity contribution in [3.8, 4) is 5.75 Å². The second-order valence-corrected chi connectivity index (χ2v) is 5.83. The van der Waals surface area contributed by atoms with Crippen LogP contribution in [-0.4, -0.2) is 12.9 Å². The summed E-state index contributed by atoms with van der Waals surface area (Å²) in [7, 11) is 1.65. The predicted octanol–water partition coefficient (Wildman–Crippen LogP) is 5.72. The molecule has 2 heteroatoms. The van der Waals surface area contributed by atoms with Crippen LogP contribution in [0, 0.1) is 6.92 Å². The topological polar surface area (TPSA) is 26.3 Å². The molecule has 0 aliphatic heterocycles. The van der Waals surface area contributed by atoms with E-state index in [0.717, 1.165) is 23.3 Å². The standard InChI is InChI=1S/C19H30O2/c1-4-5-6-7-8-9-10-11-12-18(20)17-14-13-16(2)19(15-17)21-3/h13-15H,4-12H2,1-3H3. The lowest BCUT2D eigenvalue weighted by Gasteiger charge is -2.07. The number of rotatable bonds is 11. The molecule has 0 spiro atoms. The number of ketones is 1. The van der Waals surface area contributed by atoms with Crippen molar-refractivity contribution in [1.29, 1.82) is 0 Å². The summed E-state index contributed by atoms with van der Waals surface area (Å²) in [5.74, 6) is 1.04. The van der Waals surface area contributed by atoms with Gasteiger partial charge in [0.1, 0.15) is 5.75 Å². The van der Waals surface area contributed by atoms with Crippen molar-refractivity contribution in [2.75, 3.05) is 7.11 Å². The zero-order valence-corrected chi connectivity index (χ0v) is 13.9. The van der Waals surface area contributed by atoms with Gasteiger partial charge in [-0.3, -0.25) is 4.79 Å². The van der Waals surface area contributed by atoms with E-state index in [9.17, 15) is 4.79 Å². The minimum Gasteiger partial charge on any atom is -0.496 e. The minimum absolute atomic E-state index is 0.235. The third kappa shape index (κ3) is 6.79. The van der Waals surface area contributed by atoms with Gasteiger partial charge >= 0.3 is 0 Å². The smallest absolute Gasteiger partial charge is 0.163 e. The number of carbonyl (C=O) groups excluding carboxylic acids is 1. The third-order valence-corrected chi connectivity index (χ3v) is 3.99. The summed E-state index contributed by atoms with van der Waals surface area (Å²) in [6.07, 6.45) is 10.8. The molecule has 0 saturated heterocycles. The first kappa shape index (κ1) is 17.7. The zero-order valence-electron chi connectivity index (χ0n) is 13.9. The maximum atomic E-state index is 12.1. The number of unbranched alkanes of at least 4 members (excludes halogenated alkanes) is 7. The van der Waals surface area contributed by atoms with E-state index < -0.39 is 0 Å². The molecule has 0 heterocycles. The molecule has 1 rings (SSSR count). The second kappa shape index (κ2) is 10.4. The van der Waals surface area contributed by atoms with Gasteiger partial charge in [0.15, 0.2) is 5.78 Å². The van der Waals surface area contributed by atoms with Crippen LogP contribution >= 0.6 is 0 Å². The number of methoxy groups -OCH3 is 1. The highest BCUT2D eigenvalue weighted by atomic mass is 16.5. The Morgan fingerprint density at radius 3 is 2.24 bits per heavy atom. The van der Waals surface area contributed by atoms with Crippen LogP contribution in [0.5, 0.6) is 5.75 Å². The quantitative estimate of drug-likeness (QED) is 0.385. The van der Waals surface area contributed by atoms with Gasteiger partial charge in [-0.2, -0.15) is 0 Å². The minimum atomic E-state index is 0.235. The fraction of sp³-hybridized carbons (Fsp3) is 0.632. The molecule has 0 aliphatic rings. The van der Waals surface area contributed by atoms with Gasteiger partial charge in [-0.05, 0) is 25.0 Å². The van der Waals surface area contributed by atoms with Gasteiger partial charge in [-0.25, -0.2) is 0 Å². The molecule has 0 bridgehead atoms. The number of hydrogen-bond acceptors (Lipinski definition) is 2. The highest BCUT2D eigenvalue weighted by molar-refractivity contribution is 5.96. The van der Waals surface area contributed by atoms with E-state index in [0.29, 0.717) is 6.42 Å². The number of carbonyl (C=O) groups is 1. The zero-order chi connectivity index (χ0) is 15.5. The third-order valence-electron chi connectivity index (χ3n) is 3.99. The second-order valence-electron chi connectivity index (χ2n) is 5.83. The van der Waals surface area contributed by atoms with Gasteiger partial charge in [-0.1, -0.05) is 64.0 Å². The Balaban J connectivity index is 2.22. The molecule has 0 saturated carbocycles. The fourth-order valence-corrected chi connectivity index (χ4v) is 2.56. The van der Waals surface area contributed by atoms with E-state index >= 15 is 0 Å². The maximum Gasteiger partial charge on any atom is 0.163 e. The molecule has 0 aliphatic carbocycles. The van der Waals surface area contributed by atoms with E-state index in [1.165, 1.54) is 44.9 Å². The van der Waals surface area contributed by atoms with Crippen molar-refractivity contribution in [1.82, 2.24) is 0 Å². The van der Waals surface area contributed by atoms with Crippen molar-refractivity contribution in [3.63, 3.8) is 0 Å². The average molecular weight is 290 g/mol. The van der Waals surface area contributed by atoms with Crippen LogP contribution in [-0.2, 0) is 0 Å². The first-order chi connectivity index (χ1) is 10.2.